The highest BCUT2D eigenvalue weighted by atomic mass is 35.5. The van der Waals surface area contributed by atoms with E-state index in [1.54, 1.807) is 17.5 Å². The highest BCUT2D eigenvalue weighted by Crippen LogP contribution is 2.45. The van der Waals surface area contributed by atoms with Crippen molar-refractivity contribution in [2.24, 2.45) is 11.3 Å². The lowest BCUT2D eigenvalue weighted by molar-refractivity contribution is -0.211. The van der Waals surface area contributed by atoms with E-state index in [0.717, 1.165) is 5.69 Å². The van der Waals surface area contributed by atoms with Crippen molar-refractivity contribution >= 4 is 35.6 Å². The molecule has 8 nitrogen and oxygen atoms in total. The summed E-state index contributed by atoms with van der Waals surface area (Å²) in [5.74, 6) is -1.48. The Morgan fingerprint density at radius 2 is 1.68 bits per heavy atom. The number of carbonyl (C=O) groups is 3. The molecule has 1 aliphatic carbocycles. The van der Waals surface area contributed by atoms with Gasteiger partial charge in [-0.2, -0.15) is 0 Å². The number of hydroxylamine groups is 2. The first-order valence-corrected chi connectivity index (χ1v) is 9.52. The molecule has 3 fully saturated rings. The van der Waals surface area contributed by atoms with E-state index in [9.17, 15) is 14.4 Å². The van der Waals surface area contributed by atoms with E-state index < -0.39 is 11.4 Å². The number of aromatic nitrogens is 1. The van der Waals surface area contributed by atoms with E-state index >= 15 is 0 Å². The summed E-state index contributed by atoms with van der Waals surface area (Å²) in [6.45, 7) is 3.87. The van der Waals surface area contributed by atoms with Gasteiger partial charge < -0.3 is 15.1 Å². The normalized spacial score (nSPS) is 22.9. The van der Waals surface area contributed by atoms with Crippen molar-refractivity contribution in [2.45, 2.75) is 19.3 Å². The SMILES string of the molecule is Cl.O=C1CC(=O)C1(C(=O)ON1CCN(c2ccncc2)CC1)C1CCNCC1. The van der Waals surface area contributed by atoms with Crippen LogP contribution in [0.25, 0.3) is 0 Å². The molecule has 152 valence electrons. The monoisotopic (exact) mass is 408 g/mol. The Hall–Kier alpha value is -2.03. The molecule has 0 radical (unpaired) electrons. The molecule has 3 aliphatic rings. The number of piperazine rings is 1. The van der Waals surface area contributed by atoms with Crippen molar-refractivity contribution in [3.63, 3.8) is 0 Å². The Balaban J connectivity index is 0.00000225. The van der Waals surface area contributed by atoms with Crippen LogP contribution in [-0.4, -0.2) is 66.9 Å². The van der Waals surface area contributed by atoms with Gasteiger partial charge in [0.25, 0.3) is 0 Å². The Labute approximate surface area is 170 Å². The molecule has 0 amide bonds. The van der Waals surface area contributed by atoms with E-state index in [-0.39, 0.29) is 36.3 Å². The van der Waals surface area contributed by atoms with Gasteiger partial charge in [-0.1, -0.05) is 0 Å². The molecule has 1 saturated carbocycles. The van der Waals surface area contributed by atoms with Crippen LogP contribution in [0.1, 0.15) is 19.3 Å². The summed E-state index contributed by atoms with van der Waals surface area (Å²) in [4.78, 5) is 49.5. The minimum absolute atomic E-state index is 0. The summed E-state index contributed by atoms with van der Waals surface area (Å²) < 4.78 is 0. The maximum Gasteiger partial charge on any atom is 0.346 e. The molecule has 9 heteroatoms. The first kappa shape index (κ1) is 20.7. The first-order valence-electron chi connectivity index (χ1n) is 9.52. The molecule has 1 N–H and O–H groups in total. The maximum absolute atomic E-state index is 12.9. The van der Waals surface area contributed by atoms with Gasteiger partial charge in [-0.25, -0.2) is 4.79 Å². The number of hydrogen-bond donors (Lipinski definition) is 1. The average molecular weight is 409 g/mol. The van der Waals surface area contributed by atoms with E-state index in [1.807, 2.05) is 12.1 Å². The minimum atomic E-state index is -1.57. The number of hydrogen-bond acceptors (Lipinski definition) is 8. The van der Waals surface area contributed by atoms with Crippen LogP contribution < -0.4 is 10.2 Å². The fraction of sp³-hybridized carbons (Fsp3) is 0.579. The number of nitrogens with zero attached hydrogens (tertiary/aromatic N) is 3. The number of Topliss-reactive ketones (excluding diaryl/α,β-unsaturated/α-hetero) is 2. The van der Waals surface area contributed by atoms with Gasteiger partial charge in [-0.3, -0.25) is 14.6 Å². The fourth-order valence-corrected chi connectivity index (χ4v) is 4.36. The third-order valence-corrected chi connectivity index (χ3v) is 5.95. The van der Waals surface area contributed by atoms with Crippen molar-refractivity contribution in [3.05, 3.63) is 24.5 Å². The van der Waals surface area contributed by atoms with Gasteiger partial charge in [0, 0.05) is 31.2 Å². The molecular weight excluding hydrogens is 384 g/mol. The number of rotatable bonds is 4. The summed E-state index contributed by atoms with van der Waals surface area (Å²) in [6.07, 6.45) is 4.64. The summed E-state index contributed by atoms with van der Waals surface area (Å²) in [5.41, 5.74) is -0.490. The van der Waals surface area contributed by atoms with E-state index in [2.05, 4.69) is 15.2 Å². The van der Waals surface area contributed by atoms with Crippen molar-refractivity contribution in [2.75, 3.05) is 44.2 Å². The molecule has 3 heterocycles. The fourth-order valence-electron chi connectivity index (χ4n) is 4.36. The third kappa shape index (κ3) is 3.52. The second-order valence-corrected chi connectivity index (χ2v) is 7.36. The number of ketones is 2. The van der Waals surface area contributed by atoms with Crippen molar-refractivity contribution in [1.82, 2.24) is 15.4 Å². The molecule has 1 aromatic rings. The molecule has 1 aromatic heterocycles. The first-order chi connectivity index (χ1) is 13.1. The van der Waals surface area contributed by atoms with E-state index in [1.165, 1.54) is 0 Å². The quantitative estimate of drug-likeness (QED) is 0.724. The molecule has 0 bridgehead atoms. The number of carbonyl (C=O) groups excluding carboxylic acids is 3. The molecule has 28 heavy (non-hydrogen) atoms. The Kier molecular flexibility index (Phi) is 6.32. The van der Waals surface area contributed by atoms with Crippen LogP contribution >= 0.6 is 12.4 Å². The van der Waals surface area contributed by atoms with Crippen LogP contribution in [0.4, 0.5) is 5.69 Å². The third-order valence-electron chi connectivity index (χ3n) is 5.95. The predicted octanol–water partition coefficient (Wildman–Crippen LogP) is 0.612. The molecule has 0 aromatic carbocycles. The molecule has 4 rings (SSSR count). The van der Waals surface area contributed by atoms with Crippen LogP contribution in [-0.2, 0) is 19.2 Å². The largest absolute Gasteiger partial charge is 0.369 e. The number of nitrogens with one attached hydrogen (secondary N) is 1. The topological polar surface area (TPSA) is 91.8 Å². The van der Waals surface area contributed by atoms with Gasteiger partial charge in [0.1, 0.15) is 0 Å². The summed E-state index contributed by atoms with van der Waals surface area (Å²) >= 11 is 0. The Morgan fingerprint density at radius 1 is 1.07 bits per heavy atom. The second kappa shape index (κ2) is 8.55. The minimum Gasteiger partial charge on any atom is -0.369 e. The molecule has 2 aliphatic heterocycles. The summed E-state index contributed by atoms with van der Waals surface area (Å²) in [6, 6.07) is 3.89. The van der Waals surface area contributed by atoms with Crippen LogP contribution in [0, 0.1) is 11.3 Å². The zero-order valence-corrected chi connectivity index (χ0v) is 16.5. The Bertz CT molecular complexity index is 717. The second-order valence-electron chi connectivity index (χ2n) is 7.36. The van der Waals surface area contributed by atoms with Crippen molar-refractivity contribution < 1.29 is 19.2 Å². The summed E-state index contributed by atoms with van der Waals surface area (Å²) in [7, 11) is 0. The number of halogens is 1. The highest BCUT2D eigenvalue weighted by molar-refractivity contribution is 6.36. The standard InChI is InChI=1S/C19H24N4O4.ClH/c24-16-13-17(25)19(16,14-1-5-20-6-2-14)18(26)27-23-11-9-22(10-12-23)15-3-7-21-8-4-15;/h3-4,7-8,14,20H,1-2,5-6,9-13H2;1H. The number of anilines is 1. The maximum atomic E-state index is 12.9. The predicted molar refractivity (Wildman–Crippen MR) is 104 cm³/mol. The number of pyridine rings is 1. The molecular formula is C19H25ClN4O4. The molecule has 0 atom stereocenters. The lowest BCUT2D eigenvalue weighted by Gasteiger charge is -2.44. The van der Waals surface area contributed by atoms with Crippen molar-refractivity contribution in [1.29, 1.82) is 0 Å². The van der Waals surface area contributed by atoms with E-state index in [0.29, 0.717) is 52.1 Å². The Morgan fingerprint density at radius 3 is 2.25 bits per heavy atom. The molecule has 0 spiro atoms. The number of piperidine rings is 1. The van der Waals surface area contributed by atoms with Gasteiger partial charge in [-0.15, -0.1) is 17.5 Å². The molecule has 2 saturated heterocycles. The van der Waals surface area contributed by atoms with E-state index in [4.69, 9.17) is 4.84 Å². The average Bonchev–Trinajstić information content (AvgIpc) is 2.70. The molecule has 0 unspecified atom stereocenters. The smallest absolute Gasteiger partial charge is 0.346 e. The lowest BCUT2D eigenvalue weighted by atomic mass is 9.57. The van der Waals surface area contributed by atoms with Crippen molar-refractivity contribution in [3.8, 4) is 0 Å². The van der Waals surface area contributed by atoms with Crippen LogP contribution in [0.5, 0.6) is 0 Å². The van der Waals surface area contributed by atoms with Gasteiger partial charge in [-0.05, 0) is 44.0 Å². The van der Waals surface area contributed by atoms with Gasteiger partial charge in [0.05, 0.1) is 19.5 Å². The van der Waals surface area contributed by atoms with Crippen LogP contribution in [0.2, 0.25) is 0 Å². The van der Waals surface area contributed by atoms with Gasteiger partial charge in [0.15, 0.2) is 17.0 Å². The van der Waals surface area contributed by atoms with Crippen LogP contribution in [0.15, 0.2) is 24.5 Å². The highest BCUT2D eigenvalue weighted by Gasteiger charge is 2.66. The zero-order valence-electron chi connectivity index (χ0n) is 15.6. The zero-order chi connectivity index (χ0) is 18.9. The van der Waals surface area contributed by atoms with Gasteiger partial charge >= 0.3 is 5.97 Å². The van der Waals surface area contributed by atoms with Crippen LogP contribution in [0.3, 0.4) is 0 Å². The van der Waals surface area contributed by atoms with Gasteiger partial charge in [0.2, 0.25) is 0 Å². The lowest BCUT2D eigenvalue weighted by Crippen LogP contribution is -2.63. The summed E-state index contributed by atoms with van der Waals surface area (Å²) in [5, 5.41) is 4.80.